The van der Waals surface area contributed by atoms with Crippen molar-refractivity contribution in [3.05, 3.63) is 51.7 Å². The van der Waals surface area contributed by atoms with Gasteiger partial charge >= 0.3 is 0 Å². The first kappa shape index (κ1) is 16.9. The summed E-state index contributed by atoms with van der Waals surface area (Å²) in [5, 5.41) is 5.90. The van der Waals surface area contributed by atoms with Gasteiger partial charge in [-0.1, -0.05) is 12.1 Å². The number of hydrogen-bond donors (Lipinski definition) is 1. The Labute approximate surface area is 138 Å². The topological polar surface area (TPSA) is 45.2 Å². The third-order valence-electron chi connectivity index (χ3n) is 3.44. The Kier molecular flexibility index (Phi) is 5.88. The van der Waals surface area contributed by atoms with Crippen LogP contribution in [0.4, 0.5) is 4.39 Å². The van der Waals surface area contributed by atoms with Gasteiger partial charge in [0, 0.05) is 38.0 Å². The van der Waals surface area contributed by atoms with Gasteiger partial charge in [0.1, 0.15) is 11.5 Å². The van der Waals surface area contributed by atoms with Crippen LogP contribution < -0.4 is 5.32 Å². The maximum absolute atomic E-state index is 12.9. The lowest BCUT2D eigenvalue weighted by Gasteiger charge is -2.26. The average molecular weight is 342 g/mol. The molecule has 0 spiro atoms. The fourth-order valence-corrected chi connectivity index (χ4v) is 3.10. The fourth-order valence-electron chi connectivity index (χ4n) is 2.30. The Hall–Kier alpha value is -1.50. The van der Waals surface area contributed by atoms with E-state index in [-0.39, 0.29) is 24.1 Å². The van der Waals surface area contributed by atoms with Crippen molar-refractivity contribution in [3.8, 4) is 0 Å². The number of carbonyl (C=O) groups excluding carboxylic acids is 1. The van der Waals surface area contributed by atoms with Gasteiger partial charge in [0.2, 0.25) is 0 Å². The van der Waals surface area contributed by atoms with Crippen LogP contribution in [0.15, 0.2) is 29.6 Å². The molecule has 0 saturated carbocycles. The number of thiazole rings is 1. The normalized spacial score (nSPS) is 14.5. The average Bonchev–Trinajstić information content (AvgIpc) is 2.98. The van der Waals surface area contributed by atoms with Gasteiger partial charge in [-0.15, -0.1) is 23.7 Å². The highest BCUT2D eigenvalue weighted by atomic mass is 35.5. The molecule has 1 aromatic heterocycles. The van der Waals surface area contributed by atoms with Gasteiger partial charge in [-0.05, 0) is 17.7 Å². The molecule has 0 radical (unpaired) electrons. The molecule has 0 atom stereocenters. The van der Waals surface area contributed by atoms with E-state index in [2.05, 4.69) is 10.3 Å². The summed E-state index contributed by atoms with van der Waals surface area (Å²) in [5.74, 6) is -0.245. The zero-order valence-corrected chi connectivity index (χ0v) is 13.6. The van der Waals surface area contributed by atoms with Gasteiger partial charge in [-0.25, -0.2) is 9.37 Å². The van der Waals surface area contributed by atoms with Crippen molar-refractivity contribution in [2.24, 2.45) is 0 Å². The molecule has 1 saturated heterocycles. The molecule has 1 N–H and O–H groups in total. The van der Waals surface area contributed by atoms with Crippen molar-refractivity contribution in [1.29, 1.82) is 0 Å². The molecule has 0 aliphatic carbocycles. The van der Waals surface area contributed by atoms with Gasteiger partial charge in [0.05, 0.1) is 5.01 Å². The minimum atomic E-state index is -0.243. The molecule has 1 aliphatic rings. The molecular formula is C15H17ClFN3OS. The van der Waals surface area contributed by atoms with E-state index in [0.717, 1.165) is 36.8 Å². The summed E-state index contributed by atoms with van der Waals surface area (Å²) >= 11 is 1.47. The molecule has 3 rings (SSSR count). The fraction of sp³-hybridized carbons (Fsp3) is 0.333. The monoisotopic (exact) mass is 341 g/mol. The van der Waals surface area contributed by atoms with Crippen LogP contribution in [0.1, 0.15) is 21.1 Å². The molecule has 2 aromatic rings. The summed E-state index contributed by atoms with van der Waals surface area (Å²) in [5.41, 5.74) is 1.51. The molecule has 1 fully saturated rings. The van der Waals surface area contributed by atoms with Crippen LogP contribution in [0, 0.1) is 5.82 Å². The molecule has 2 heterocycles. The van der Waals surface area contributed by atoms with Crippen molar-refractivity contribution >= 4 is 29.7 Å². The summed E-state index contributed by atoms with van der Waals surface area (Å²) in [6.07, 6.45) is 0.625. The molecule has 22 heavy (non-hydrogen) atoms. The van der Waals surface area contributed by atoms with E-state index in [1.807, 2.05) is 10.3 Å². The van der Waals surface area contributed by atoms with E-state index in [1.54, 1.807) is 12.1 Å². The smallest absolute Gasteiger partial charge is 0.273 e. The number of hydrogen-bond acceptors (Lipinski definition) is 4. The number of amides is 1. The number of rotatable bonds is 3. The van der Waals surface area contributed by atoms with Crippen LogP contribution >= 0.6 is 23.7 Å². The quantitative estimate of drug-likeness (QED) is 0.932. The maximum Gasteiger partial charge on any atom is 0.273 e. The number of benzene rings is 1. The van der Waals surface area contributed by atoms with Crippen LogP contribution in [0.5, 0.6) is 0 Å². The number of piperazine rings is 1. The minimum absolute atomic E-state index is 0. The van der Waals surface area contributed by atoms with Crippen molar-refractivity contribution in [3.63, 3.8) is 0 Å². The number of aromatic nitrogens is 1. The molecule has 1 aromatic carbocycles. The van der Waals surface area contributed by atoms with Crippen LogP contribution in [0.3, 0.4) is 0 Å². The predicted molar refractivity (Wildman–Crippen MR) is 87.3 cm³/mol. The predicted octanol–water partition coefficient (Wildman–Crippen LogP) is 2.34. The van der Waals surface area contributed by atoms with Gasteiger partial charge < -0.3 is 10.2 Å². The van der Waals surface area contributed by atoms with Crippen molar-refractivity contribution < 1.29 is 9.18 Å². The standard InChI is InChI=1S/C15H16FN3OS.ClH/c16-12-3-1-11(2-4-12)9-14-18-13(10-21-14)15(20)19-7-5-17-6-8-19;/h1-4,10,17H,5-9H2;1H. The Morgan fingerprint density at radius 2 is 1.95 bits per heavy atom. The van der Waals surface area contributed by atoms with Gasteiger partial charge in [-0.2, -0.15) is 0 Å². The Bertz CT molecular complexity index is 626. The second kappa shape index (κ2) is 7.67. The van der Waals surface area contributed by atoms with E-state index in [9.17, 15) is 9.18 Å². The summed E-state index contributed by atoms with van der Waals surface area (Å²) in [7, 11) is 0. The first-order chi connectivity index (χ1) is 10.2. The SMILES string of the molecule is Cl.O=C(c1csc(Cc2ccc(F)cc2)n1)N1CCNCC1. The molecule has 0 unspecified atom stereocenters. The van der Waals surface area contributed by atoms with E-state index >= 15 is 0 Å². The van der Waals surface area contributed by atoms with E-state index in [4.69, 9.17) is 0 Å². The lowest BCUT2D eigenvalue weighted by atomic mass is 10.1. The third kappa shape index (κ3) is 4.03. The summed E-state index contributed by atoms with van der Waals surface area (Å²) in [4.78, 5) is 18.5. The van der Waals surface area contributed by atoms with Crippen LogP contribution in [-0.2, 0) is 6.42 Å². The van der Waals surface area contributed by atoms with Gasteiger partial charge in [0.15, 0.2) is 0 Å². The lowest BCUT2D eigenvalue weighted by molar-refractivity contribution is 0.0730. The second-order valence-electron chi connectivity index (χ2n) is 4.97. The number of carbonyl (C=O) groups is 1. The summed E-state index contributed by atoms with van der Waals surface area (Å²) in [6, 6.07) is 6.37. The number of nitrogens with zero attached hydrogens (tertiary/aromatic N) is 2. The van der Waals surface area contributed by atoms with E-state index in [0.29, 0.717) is 12.1 Å². The highest BCUT2D eigenvalue weighted by Crippen LogP contribution is 2.16. The minimum Gasteiger partial charge on any atom is -0.335 e. The maximum atomic E-state index is 12.9. The lowest BCUT2D eigenvalue weighted by Crippen LogP contribution is -2.46. The van der Waals surface area contributed by atoms with E-state index < -0.39 is 0 Å². The number of nitrogens with one attached hydrogen (secondary N) is 1. The van der Waals surface area contributed by atoms with Crippen LogP contribution in [-0.4, -0.2) is 42.0 Å². The van der Waals surface area contributed by atoms with Gasteiger partial charge in [-0.3, -0.25) is 4.79 Å². The third-order valence-corrected chi connectivity index (χ3v) is 4.29. The Morgan fingerprint density at radius 1 is 1.27 bits per heavy atom. The van der Waals surface area contributed by atoms with Crippen LogP contribution in [0.25, 0.3) is 0 Å². The van der Waals surface area contributed by atoms with Gasteiger partial charge in [0.25, 0.3) is 5.91 Å². The Balaban J connectivity index is 0.00000176. The first-order valence-corrected chi connectivity index (χ1v) is 7.79. The molecular weight excluding hydrogens is 325 g/mol. The zero-order chi connectivity index (χ0) is 14.7. The van der Waals surface area contributed by atoms with Crippen LogP contribution in [0.2, 0.25) is 0 Å². The second-order valence-corrected chi connectivity index (χ2v) is 5.91. The first-order valence-electron chi connectivity index (χ1n) is 6.91. The Morgan fingerprint density at radius 3 is 2.64 bits per heavy atom. The molecule has 7 heteroatoms. The zero-order valence-electron chi connectivity index (χ0n) is 11.9. The summed E-state index contributed by atoms with van der Waals surface area (Å²) in [6.45, 7) is 3.12. The van der Waals surface area contributed by atoms with Crippen molar-refractivity contribution in [2.45, 2.75) is 6.42 Å². The van der Waals surface area contributed by atoms with Crippen molar-refractivity contribution in [2.75, 3.05) is 26.2 Å². The molecule has 118 valence electrons. The van der Waals surface area contributed by atoms with E-state index in [1.165, 1.54) is 23.5 Å². The molecule has 0 bridgehead atoms. The molecule has 4 nitrogen and oxygen atoms in total. The van der Waals surface area contributed by atoms with Crippen molar-refractivity contribution in [1.82, 2.24) is 15.2 Å². The molecule has 1 aliphatic heterocycles. The number of halogens is 2. The summed E-state index contributed by atoms with van der Waals surface area (Å²) < 4.78 is 12.9. The highest BCUT2D eigenvalue weighted by Gasteiger charge is 2.20. The largest absolute Gasteiger partial charge is 0.335 e. The highest BCUT2D eigenvalue weighted by molar-refractivity contribution is 7.09. The molecule has 1 amide bonds.